The first kappa shape index (κ1) is 22.2. The molecule has 30 heavy (non-hydrogen) atoms. The second-order valence-electron chi connectivity index (χ2n) is 8.16. The third kappa shape index (κ3) is 5.58. The highest BCUT2D eigenvalue weighted by atomic mass is 79.9. The van der Waals surface area contributed by atoms with Crippen LogP contribution in [-0.4, -0.2) is 35.0 Å². The highest BCUT2D eigenvalue weighted by Crippen LogP contribution is 2.36. The maximum absolute atomic E-state index is 13.2. The van der Waals surface area contributed by atoms with Crippen LogP contribution in [0.15, 0.2) is 65.1 Å². The van der Waals surface area contributed by atoms with Gasteiger partial charge in [-0.2, -0.15) is 0 Å². The Bertz CT molecular complexity index is 919. The smallest absolute Gasteiger partial charge is 0.415 e. The minimum atomic E-state index is -0.664. The summed E-state index contributed by atoms with van der Waals surface area (Å²) in [6.45, 7) is 6.08. The first-order chi connectivity index (χ1) is 14.3. The van der Waals surface area contributed by atoms with Crippen LogP contribution < -0.4 is 0 Å². The topological polar surface area (TPSA) is 55.8 Å². The Labute approximate surface area is 185 Å². The molecule has 0 fully saturated rings. The highest BCUT2D eigenvalue weighted by molar-refractivity contribution is 9.12. The molecular formula is C24H26BrNO4. The van der Waals surface area contributed by atoms with Crippen molar-refractivity contribution < 1.29 is 19.1 Å². The summed E-state index contributed by atoms with van der Waals surface area (Å²) in [7, 11) is 0. The van der Waals surface area contributed by atoms with Gasteiger partial charge in [0.15, 0.2) is 5.78 Å². The number of hydrogen-bond donors (Lipinski definition) is 0. The van der Waals surface area contributed by atoms with Gasteiger partial charge in [-0.05, 0) is 47.8 Å². The van der Waals surface area contributed by atoms with Crippen molar-refractivity contribution in [2.24, 2.45) is 0 Å². The number of ether oxygens (including phenoxy) is 2. The normalized spacial score (nSPS) is 17.3. The van der Waals surface area contributed by atoms with Gasteiger partial charge in [0, 0.05) is 6.42 Å². The number of amides is 1. The summed E-state index contributed by atoms with van der Waals surface area (Å²) in [6.07, 6.45) is -0.343. The zero-order valence-electron chi connectivity index (χ0n) is 17.4. The van der Waals surface area contributed by atoms with Gasteiger partial charge in [-0.1, -0.05) is 60.7 Å². The molecule has 1 atom stereocenters. The van der Waals surface area contributed by atoms with Crippen molar-refractivity contribution in [3.05, 3.63) is 76.3 Å². The van der Waals surface area contributed by atoms with Crippen LogP contribution in [0.1, 0.15) is 38.3 Å². The van der Waals surface area contributed by atoms with Crippen LogP contribution in [0.2, 0.25) is 0 Å². The summed E-state index contributed by atoms with van der Waals surface area (Å²) in [6, 6.07) is 18.7. The van der Waals surface area contributed by atoms with Crippen molar-refractivity contribution >= 4 is 33.5 Å². The number of rotatable bonds is 5. The fraction of sp³-hybridized carbons (Fsp3) is 0.333. The van der Waals surface area contributed by atoms with Crippen molar-refractivity contribution in [3.63, 3.8) is 0 Å². The molecule has 0 radical (unpaired) electrons. The molecule has 0 saturated heterocycles. The van der Waals surface area contributed by atoms with Gasteiger partial charge in [-0.25, -0.2) is 4.79 Å². The van der Waals surface area contributed by atoms with Crippen LogP contribution >= 0.6 is 15.9 Å². The van der Waals surface area contributed by atoms with E-state index in [1.54, 1.807) is 4.90 Å². The van der Waals surface area contributed by atoms with E-state index in [9.17, 15) is 9.59 Å². The van der Waals surface area contributed by atoms with Crippen molar-refractivity contribution in [1.29, 1.82) is 0 Å². The number of nitrogens with zero attached hydrogens (tertiary/aromatic N) is 1. The fourth-order valence-electron chi connectivity index (χ4n) is 3.25. The first-order valence-electron chi connectivity index (χ1n) is 9.88. The fourth-order valence-corrected chi connectivity index (χ4v) is 3.83. The number of hydrogen-bond acceptors (Lipinski definition) is 4. The molecule has 0 spiro atoms. The molecule has 1 aliphatic heterocycles. The summed E-state index contributed by atoms with van der Waals surface area (Å²) < 4.78 is 11.9. The molecule has 158 valence electrons. The van der Waals surface area contributed by atoms with Gasteiger partial charge < -0.3 is 9.47 Å². The number of ketones is 1. The molecule has 6 heteroatoms. The Hall–Kier alpha value is -2.44. The average molecular weight is 472 g/mol. The van der Waals surface area contributed by atoms with E-state index in [0.29, 0.717) is 16.8 Å². The summed E-state index contributed by atoms with van der Waals surface area (Å²) in [4.78, 5) is 27.5. The third-order valence-corrected chi connectivity index (χ3v) is 5.36. The second kappa shape index (κ2) is 9.58. The van der Waals surface area contributed by atoms with Crippen molar-refractivity contribution in [2.75, 3.05) is 6.61 Å². The van der Waals surface area contributed by atoms with E-state index >= 15 is 0 Å². The van der Waals surface area contributed by atoms with Crippen LogP contribution in [0.25, 0.3) is 5.70 Å². The Balaban J connectivity index is 1.90. The van der Waals surface area contributed by atoms with E-state index in [-0.39, 0.29) is 18.8 Å². The summed E-state index contributed by atoms with van der Waals surface area (Å²) in [5.74, 6) is -0.0676. The molecule has 0 N–H and O–H groups in total. The molecule has 0 unspecified atom stereocenters. The van der Waals surface area contributed by atoms with E-state index in [1.807, 2.05) is 81.4 Å². The maximum atomic E-state index is 13.2. The van der Waals surface area contributed by atoms with Crippen molar-refractivity contribution in [2.45, 2.75) is 45.4 Å². The van der Waals surface area contributed by atoms with Crippen LogP contribution in [-0.2, 0) is 20.9 Å². The average Bonchev–Trinajstić information content (AvgIpc) is 2.70. The number of Topliss-reactive ketones (excluding diaryl/α,β-unsaturated/α-hetero) is 1. The Morgan fingerprint density at radius 1 is 1.07 bits per heavy atom. The lowest BCUT2D eigenvalue weighted by Crippen LogP contribution is -2.48. The number of carbonyl (C=O) groups is 2. The SMILES string of the molecule is CC(C)(C)OC(=O)N1C(c2ccccc2)=C(Br)C(=O)C[C@@H]1COCc1ccccc1. The highest BCUT2D eigenvalue weighted by Gasteiger charge is 2.39. The molecule has 0 aromatic heterocycles. The van der Waals surface area contributed by atoms with Gasteiger partial charge in [0.1, 0.15) is 5.60 Å². The van der Waals surface area contributed by atoms with Gasteiger partial charge in [-0.3, -0.25) is 9.69 Å². The first-order valence-corrected chi connectivity index (χ1v) is 10.7. The molecule has 0 saturated carbocycles. The molecule has 2 aromatic carbocycles. The van der Waals surface area contributed by atoms with Gasteiger partial charge in [0.25, 0.3) is 0 Å². The molecular weight excluding hydrogens is 446 g/mol. The monoisotopic (exact) mass is 471 g/mol. The lowest BCUT2D eigenvalue weighted by atomic mass is 9.98. The number of carbonyl (C=O) groups excluding carboxylic acids is 2. The quantitative estimate of drug-likeness (QED) is 0.573. The van der Waals surface area contributed by atoms with Gasteiger partial charge >= 0.3 is 6.09 Å². The lowest BCUT2D eigenvalue weighted by Gasteiger charge is -2.38. The third-order valence-electron chi connectivity index (χ3n) is 4.54. The van der Waals surface area contributed by atoms with Gasteiger partial charge in [0.05, 0.1) is 29.4 Å². The molecule has 1 aliphatic rings. The molecule has 1 amide bonds. The molecule has 2 aromatic rings. The summed E-state index contributed by atoms with van der Waals surface area (Å²) in [5, 5.41) is 0. The molecule has 1 heterocycles. The summed E-state index contributed by atoms with van der Waals surface area (Å²) in [5.41, 5.74) is 1.64. The van der Waals surface area contributed by atoms with Crippen LogP contribution in [0.4, 0.5) is 4.79 Å². The largest absolute Gasteiger partial charge is 0.443 e. The van der Waals surface area contributed by atoms with Crippen LogP contribution in [0.5, 0.6) is 0 Å². The van der Waals surface area contributed by atoms with E-state index in [4.69, 9.17) is 9.47 Å². The van der Waals surface area contributed by atoms with E-state index in [2.05, 4.69) is 15.9 Å². The van der Waals surface area contributed by atoms with Gasteiger partial charge in [0.2, 0.25) is 0 Å². The standard InChI is InChI=1S/C24H26BrNO4/c1-24(2,3)30-23(28)26-19(16-29-15-17-10-6-4-7-11-17)14-20(27)21(25)22(26)18-12-8-5-9-13-18/h4-13,19H,14-16H2,1-3H3/t19-/m1/s1. The van der Waals surface area contributed by atoms with E-state index < -0.39 is 17.7 Å². The van der Waals surface area contributed by atoms with Gasteiger partial charge in [-0.15, -0.1) is 0 Å². The minimum absolute atomic E-state index is 0.0676. The van der Waals surface area contributed by atoms with Crippen LogP contribution in [0, 0.1) is 0 Å². The van der Waals surface area contributed by atoms with Crippen LogP contribution in [0.3, 0.4) is 0 Å². The predicted molar refractivity (Wildman–Crippen MR) is 120 cm³/mol. The number of allylic oxidation sites excluding steroid dienone is 1. The van der Waals surface area contributed by atoms with E-state index in [0.717, 1.165) is 11.1 Å². The van der Waals surface area contributed by atoms with Crippen molar-refractivity contribution in [3.8, 4) is 0 Å². The second-order valence-corrected chi connectivity index (χ2v) is 8.95. The Morgan fingerprint density at radius 3 is 2.27 bits per heavy atom. The van der Waals surface area contributed by atoms with Crippen molar-refractivity contribution in [1.82, 2.24) is 4.90 Å². The zero-order valence-corrected chi connectivity index (χ0v) is 19.0. The molecule has 5 nitrogen and oxygen atoms in total. The Kier molecular flexibility index (Phi) is 7.10. The maximum Gasteiger partial charge on any atom is 0.415 e. The zero-order chi connectivity index (χ0) is 21.7. The minimum Gasteiger partial charge on any atom is -0.443 e. The molecule has 3 rings (SSSR count). The Morgan fingerprint density at radius 2 is 1.67 bits per heavy atom. The predicted octanol–water partition coefficient (Wildman–Crippen LogP) is 5.55. The molecule has 0 bridgehead atoms. The molecule has 0 aliphatic carbocycles. The number of halogens is 1. The lowest BCUT2D eigenvalue weighted by molar-refractivity contribution is -0.117. The van der Waals surface area contributed by atoms with E-state index in [1.165, 1.54) is 0 Å². The number of benzene rings is 2. The summed E-state index contributed by atoms with van der Waals surface area (Å²) >= 11 is 3.42.